The largest absolute Gasteiger partial charge is 0.477 e. The van der Waals surface area contributed by atoms with Crippen molar-refractivity contribution in [1.29, 1.82) is 0 Å². The molecule has 1 aromatic heterocycles. The number of carbonyl (C=O) groups is 1. The van der Waals surface area contributed by atoms with E-state index in [2.05, 4.69) is 10.3 Å². The standard InChI is InChI=1S/C14H10N2O2S/c17-13(18)12-8-15-14(19-12)16-11-7-3-5-9-4-1-2-6-10(9)11/h1-8H,(H,15,16)(H,17,18). The molecular formula is C14H10N2O2S. The van der Waals surface area contributed by atoms with Crippen molar-refractivity contribution in [3.05, 3.63) is 53.5 Å². The summed E-state index contributed by atoms with van der Waals surface area (Å²) >= 11 is 1.12. The second kappa shape index (κ2) is 4.70. The van der Waals surface area contributed by atoms with Crippen molar-refractivity contribution >= 4 is 38.9 Å². The minimum atomic E-state index is -0.955. The minimum absolute atomic E-state index is 0.225. The van der Waals surface area contributed by atoms with Gasteiger partial charge >= 0.3 is 5.97 Å². The molecule has 2 aromatic carbocycles. The number of aromatic nitrogens is 1. The molecule has 2 N–H and O–H groups in total. The lowest BCUT2D eigenvalue weighted by molar-refractivity contribution is 0.0702. The highest BCUT2D eigenvalue weighted by atomic mass is 32.1. The van der Waals surface area contributed by atoms with Crippen LogP contribution in [0, 0.1) is 0 Å². The summed E-state index contributed by atoms with van der Waals surface area (Å²) < 4.78 is 0. The first-order chi connectivity index (χ1) is 9.24. The van der Waals surface area contributed by atoms with Gasteiger partial charge in [0.2, 0.25) is 0 Å². The number of hydrogen-bond acceptors (Lipinski definition) is 4. The molecule has 4 nitrogen and oxygen atoms in total. The summed E-state index contributed by atoms with van der Waals surface area (Å²) in [4.78, 5) is 15.1. The third-order valence-electron chi connectivity index (χ3n) is 2.75. The van der Waals surface area contributed by atoms with Gasteiger partial charge in [-0.3, -0.25) is 0 Å². The van der Waals surface area contributed by atoms with Crippen LogP contribution in [0.25, 0.3) is 10.8 Å². The predicted octanol–water partition coefficient (Wildman–Crippen LogP) is 3.74. The summed E-state index contributed by atoms with van der Waals surface area (Å²) in [5, 5.41) is 14.8. The SMILES string of the molecule is O=C(O)c1cnc(Nc2cccc3ccccc23)s1. The molecule has 0 spiro atoms. The van der Waals surface area contributed by atoms with Gasteiger partial charge in [0.05, 0.1) is 6.20 Å². The van der Waals surface area contributed by atoms with Crippen molar-refractivity contribution in [2.45, 2.75) is 0 Å². The van der Waals surface area contributed by atoms with Crippen molar-refractivity contribution in [3.8, 4) is 0 Å². The third-order valence-corrected chi connectivity index (χ3v) is 3.65. The average molecular weight is 270 g/mol. The zero-order chi connectivity index (χ0) is 13.2. The van der Waals surface area contributed by atoms with Crippen LogP contribution < -0.4 is 5.32 Å². The van der Waals surface area contributed by atoms with E-state index in [4.69, 9.17) is 5.11 Å². The zero-order valence-corrected chi connectivity index (χ0v) is 10.6. The van der Waals surface area contributed by atoms with E-state index in [0.29, 0.717) is 5.13 Å². The summed E-state index contributed by atoms with van der Waals surface area (Å²) in [5.41, 5.74) is 0.921. The average Bonchev–Trinajstić information content (AvgIpc) is 2.88. The van der Waals surface area contributed by atoms with Gasteiger partial charge in [-0.15, -0.1) is 0 Å². The number of carboxylic acids is 1. The number of anilines is 2. The van der Waals surface area contributed by atoms with Crippen molar-refractivity contribution < 1.29 is 9.90 Å². The third kappa shape index (κ3) is 2.28. The Hall–Kier alpha value is -2.40. The number of fused-ring (bicyclic) bond motifs is 1. The number of aromatic carboxylic acids is 1. The normalized spacial score (nSPS) is 10.5. The number of nitrogens with zero attached hydrogens (tertiary/aromatic N) is 1. The lowest BCUT2D eigenvalue weighted by Crippen LogP contribution is -1.90. The number of thiazole rings is 1. The quantitative estimate of drug-likeness (QED) is 0.761. The molecule has 0 amide bonds. The minimum Gasteiger partial charge on any atom is -0.477 e. The number of carboxylic acid groups (broad SMARTS) is 1. The van der Waals surface area contributed by atoms with Crippen LogP contribution in [0.5, 0.6) is 0 Å². The molecule has 5 heteroatoms. The molecule has 0 fully saturated rings. The Balaban J connectivity index is 1.98. The van der Waals surface area contributed by atoms with E-state index in [0.717, 1.165) is 27.8 Å². The first-order valence-electron chi connectivity index (χ1n) is 5.68. The first-order valence-corrected chi connectivity index (χ1v) is 6.49. The van der Waals surface area contributed by atoms with Gasteiger partial charge in [-0.2, -0.15) is 0 Å². The number of nitrogens with one attached hydrogen (secondary N) is 1. The van der Waals surface area contributed by atoms with E-state index in [1.807, 2.05) is 42.5 Å². The number of rotatable bonds is 3. The highest BCUT2D eigenvalue weighted by Crippen LogP contribution is 2.28. The van der Waals surface area contributed by atoms with E-state index in [-0.39, 0.29) is 4.88 Å². The van der Waals surface area contributed by atoms with Gasteiger partial charge in [0.25, 0.3) is 0 Å². The van der Waals surface area contributed by atoms with Gasteiger partial charge in [0.15, 0.2) is 5.13 Å². The fourth-order valence-electron chi connectivity index (χ4n) is 1.88. The topological polar surface area (TPSA) is 62.2 Å². The second-order valence-corrected chi connectivity index (χ2v) is 5.02. The summed E-state index contributed by atoms with van der Waals surface area (Å²) in [7, 11) is 0. The lowest BCUT2D eigenvalue weighted by atomic mass is 10.1. The van der Waals surface area contributed by atoms with Crippen LogP contribution in [-0.2, 0) is 0 Å². The Labute approximate surface area is 113 Å². The van der Waals surface area contributed by atoms with Gasteiger partial charge in [-0.25, -0.2) is 9.78 Å². The van der Waals surface area contributed by atoms with Crippen LogP contribution in [0.2, 0.25) is 0 Å². The predicted molar refractivity (Wildman–Crippen MR) is 76.3 cm³/mol. The van der Waals surface area contributed by atoms with Crippen LogP contribution >= 0.6 is 11.3 Å². The molecule has 0 aliphatic heterocycles. The lowest BCUT2D eigenvalue weighted by Gasteiger charge is -2.06. The van der Waals surface area contributed by atoms with E-state index in [9.17, 15) is 4.79 Å². The molecule has 0 bridgehead atoms. The second-order valence-electron chi connectivity index (χ2n) is 3.99. The van der Waals surface area contributed by atoms with Crippen LogP contribution in [0.3, 0.4) is 0 Å². The van der Waals surface area contributed by atoms with Crippen molar-refractivity contribution in [1.82, 2.24) is 4.98 Å². The van der Waals surface area contributed by atoms with Crippen LogP contribution in [0.1, 0.15) is 9.67 Å². The van der Waals surface area contributed by atoms with E-state index in [1.54, 1.807) is 0 Å². The molecular weight excluding hydrogens is 260 g/mol. The maximum absolute atomic E-state index is 10.8. The first kappa shape index (κ1) is 11.7. The Kier molecular flexibility index (Phi) is 2.89. The number of benzene rings is 2. The Morgan fingerprint density at radius 1 is 1.16 bits per heavy atom. The van der Waals surface area contributed by atoms with Gasteiger partial charge in [0, 0.05) is 11.1 Å². The van der Waals surface area contributed by atoms with Gasteiger partial charge in [-0.05, 0) is 11.5 Å². The summed E-state index contributed by atoms with van der Waals surface area (Å²) in [6.07, 6.45) is 1.36. The molecule has 0 saturated heterocycles. The van der Waals surface area contributed by atoms with Crippen LogP contribution in [0.15, 0.2) is 48.7 Å². The van der Waals surface area contributed by atoms with E-state index in [1.165, 1.54) is 6.20 Å². The highest BCUT2D eigenvalue weighted by molar-refractivity contribution is 7.17. The Bertz CT molecular complexity index is 747. The number of hydrogen-bond donors (Lipinski definition) is 2. The van der Waals surface area contributed by atoms with Crippen molar-refractivity contribution in [2.75, 3.05) is 5.32 Å². The molecule has 0 aliphatic carbocycles. The Morgan fingerprint density at radius 2 is 1.95 bits per heavy atom. The van der Waals surface area contributed by atoms with E-state index >= 15 is 0 Å². The molecule has 94 valence electrons. The van der Waals surface area contributed by atoms with Crippen LogP contribution in [-0.4, -0.2) is 16.1 Å². The van der Waals surface area contributed by atoms with Gasteiger partial charge in [0.1, 0.15) is 4.88 Å². The monoisotopic (exact) mass is 270 g/mol. The molecule has 3 rings (SSSR count). The van der Waals surface area contributed by atoms with Crippen molar-refractivity contribution in [2.24, 2.45) is 0 Å². The van der Waals surface area contributed by atoms with Crippen molar-refractivity contribution in [3.63, 3.8) is 0 Å². The van der Waals surface area contributed by atoms with Gasteiger partial charge in [-0.1, -0.05) is 47.7 Å². The maximum Gasteiger partial charge on any atom is 0.347 e. The summed E-state index contributed by atoms with van der Waals surface area (Å²) in [5.74, 6) is -0.955. The smallest absolute Gasteiger partial charge is 0.347 e. The highest BCUT2D eigenvalue weighted by Gasteiger charge is 2.09. The Morgan fingerprint density at radius 3 is 2.74 bits per heavy atom. The maximum atomic E-state index is 10.8. The summed E-state index contributed by atoms with van der Waals surface area (Å²) in [6.45, 7) is 0. The molecule has 0 radical (unpaired) electrons. The molecule has 19 heavy (non-hydrogen) atoms. The summed E-state index contributed by atoms with van der Waals surface area (Å²) in [6, 6.07) is 13.9. The molecule has 0 unspecified atom stereocenters. The zero-order valence-electron chi connectivity index (χ0n) is 9.83. The van der Waals surface area contributed by atoms with E-state index < -0.39 is 5.97 Å². The molecule has 0 atom stereocenters. The fourth-order valence-corrected chi connectivity index (χ4v) is 2.55. The molecule has 0 aliphatic rings. The molecule has 3 aromatic rings. The molecule has 0 saturated carbocycles. The molecule has 1 heterocycles. The fraction of sp³-hybridized carbons (Fsp3) is 0. The van der Waals surface area contributed by atoms with Crippen LogP contribution in [0.4, 0.5) is 10.8 Å². The van der Waals surface area contributed by atoms with Gasteiger partial charge < -0.3 is 10.4 Å².